The zero-order chi connectivity index (χ0) is 33.5. The van der Waals surface area contributed by atoms with Crippen molar-refractivity contribution in [1.82, 2.24) is 0 Å². The van der Waals surface area contributed by atoms with Gasteiger partial charge in [-0.3, -0.25) is 4.79 Å². The van der Waals surface area contributed by atoms with Crippen LogP contribution in [-0.4, -0.2) is 88.4 Å². The molecule has 2 aromatic rings. The summed E-state index contributed by atoms with van der Waals surface area (Å²) in [5, 5.41) is 2.43. The molecule has 0 saturated carbocycles. The minimum absolute atomic E-state index is 0.0300. The Labute approximate surface area is 285 Å². The Morgan fingerprint density at radius 1 is 0.812 bits per heavy atom. The van der Waals surface area contributed by atoms with E-state index in [1.54, 1.807) is 6.08 Å². The molecule has 0 bridgehead atoms. The first kappa shape index (κ1) is 34.0. The van der Waals surface area contributed by atoms with Gasteiger partial charge in [0.25, 0.3) is 0 Å². The number of carbonyl (C=O) groups excluding carboxylic acids is 1. The maximum Gasteiger partial charge on any atom is 0.192 e. The Balaban J connectivity index is 1.09. The van der Waals surface area contributed by atoms with Crippen LogP contribution in [0.2, 0.25) is 18.1 Å². The Morgan fingerprint density at radius 2 is 1.56 bits per heavy atom. The largest absolute Gasteiger partial charge is 0.414 e. The lowest BCUT2D eigenvalue weighted by Gasteiger charge is -2.50. The van der Waals surface area contributed by atoms with Crippen LogP contribution in [0.25, 0.3) is 10.8 Å². The van der Waals surface area contributed by atoms with E-state index in [0.29, 0.717) is 26.1 Å². The van der Waals surface area contributed by atoms with Crippen LogP contribution >= 0.6 is 0 Å². The molecule has 0 radical (unpaired) electrons. The van der Waals surface area contributed by atoms with E-state index in [9.17, 15) is 4.79 Å². The first-order valence-corrected chi connectivity index (χ1v) is 20.5. The lowest BCUT2D eigenvalue weighted by atomic mass is 9.87. The molecule has 7 rings (SSSR count). The fraction of sp³-hybridized carbons (Fsp3) is 0.564. The highest BCUT2D eigenvalue weighted by Gasteiger charge is 2.53. The van der Waals surface area contributed by atoms with Gasteiger partial charge in [-0.05, 0) is 59.5 Å². The fourth-order valence-electron chi connectivity index (χ4n) is 7.12. The third-order valence-electron chi connectivity index (χ3n) is 10.9. The molecule has 5 aliphatic rings. The number of hydrogen-bond donors (Lipinski definition) is 0. The number of benzene rings is 2. The minimum Gasteiger partial charge on any atom is -0.414 e. The van der Waals surface area contributed by atoms with Crippen LogP contribution in [0, 0.1) is 0 Å². The number of rotatable bonds is 6. The maximum atomic E-state index is 13.1. The fourth-order valence-corrected chi connectivity index (χ4v) is 8.12. The molecule has 2 saturated heterocycles. The summed E-state index contributed by atoms with van der Waals surface area (Å²) < 4.78 is 46.4. The number of ether oxygens (including phenoxy) is 6. The van der Waals surface area contributed by atoms with Gasteiger partial charge < -0.3 is 32.8 Å². The average molecular weight is 675 g/mol. The molecule has 2 fully saturated rings. The molecular formula is C39H50O8Si. The Morgan fingerprint density at radius 3 is 2.38 bits per heavy atom. The molecular weight excluding hydrogens is 625 g/mol. The van der Waals surface area contributed by atoms with Crippen molar-refractivity contribution in [3.05, 3.63) is 84.5 Å². The highest BCUT2D eigenvalue weighted by atomic mass is 28.4. The molecule has 8 nitrogen and oxygen atoms in total. The smallest absolute Gasteiger partial charge is 0.192 e. The van der Waals surface area contributed by atoms with Crippen LogP contribution in [0.1, 0.15) is 45.6 Å². The number of fused-ring (bicyclic) bond motifs is 5. The lowest BCUT2D eigenvalue weighted by molar-refractivity contribution is -0.295. The van der Waals surface area contributed by atoms with E-state index < -0.39 is 20.5 Å². The van der Waals surface area contributed by atoms with E-state index >= 15 is 0 Å². The van der Waals surface area contributed by atoms with Crippen LogP contribution in [-0.2, 0) is 44.2 Å². The molecule has 5 aliphatic heterocycles. The van der Waals surface area contributed by atoms with Crippen LogP contribution in [0.15, 0.2) is 78.9 Å². The Hall–Kier alpha value is -2.47. The topological polar surface area (TPSA) is 81.7 Å². The minimum atomic E-state index is -2.07. The summed E-state index contributed by atoms with van der Waals surface area (Å²) in [6.07, 6.45) is 10.6. The summed E-state index contributed by atoms with van der Waals surface area (Å²) in [5.74, 6) is -0.0723. The number of ketones is 1. The molecule has 258 valence electrons. The first-order chi connectivity index (χ1) is 23.1. The monoisotopic (exact) mass is 674 g/mol. The molecule has 5 heterocycles. The van der Waals surface area contributed by atoms with E-state index in [0.717, 1.165) is 12.0 Å². The third kappa shape index (κ3) is 7.20. The zero-order valence-electron chi connectivity index (χ0n) is 28.8. The van der Waals surface area contributed by atoms with Crippen molar-refractivity contribution >= 4 is 24.9 Å². The highest BCUT2D eigenvalue weighted by Crippen LogP contribution is 2.40. The normalized spacial score (nSPS) is 36.1. The van der Waals surface area contributed by atoms with Gasteiger partial charge in [-0.2, -0.15) is 0 Å². The van der Waals surface area contributed by atoms with E-state index in [1.165, 1.54) is 10.8 Å². The second-order valence-corrected chi connectivity index (χ2v) is 20.1. The summed E-state index contributed by atoms with van der Waals surface area (Å²) >= 11 is 0. The zero-order valence-corrected chi connectivity index (χ0v) is 29.8. The summed E-state index contributed by atoms with van der Waals surface area (Å²) in [6, 6.07) is 14.8. The molecule has 2 aromatic carbocycles. The van der Waals surface area contributed by atoms with Crippen molar-refractivity contribution in [2.75, 3.05) is 13.2 Å². The predicted molar refractivity (Wildman–Crippen MR) is 186 cm³/mol. The molecule has 0 aromatic heterocycles. The standard InChI is InChI=1S/C39H50O8Si/c1-39(2,3)48(4,5)43-24-35-28(40)13-10-15-29-30(45-35)18-19-31-33(44-29)22-34-37(47-31)38(36-32(46-34)14-8-9-20-41-36)42-23-25-16-17-26-11-6-7-12-27(26)21-25/h6-13,16-19,21,29-38H,14-15,20,22-24H2,1-5H3/b13-10-/t29-,30+,31-,32+,33+,34-,35-,36+,37-,38-/m1/s1. The van der Waals surface area contributed by atoms with Crippen molar-refractivity contribution in [1.29, 1.82) is 0 Å². The van der Waals surface area contributed by atoms with E-state index in [2.05, 4.69) is 94.6 Å². The van der Waals surface area contributed by atoms with Gasteiger partial charge in [-0.15, -0.1) is 0 Å². The van der Waals surface area contributed by atoms with Crippen molar-refractivity contribution in [3.8, 4) is 0 Å². The van der Waals surface area contributed by atoms with Gasteiger partial charge in [-0.1, -0.05) is 87.5 Å². The second kappa shape index (κ2) is 14.0. The van der Waals surface area contributed by atoms with Crippen molar-refractivity contribution < 1.29 is 37.6 Å². The summed E-state index contributed by atoms with van der Waals surface area (Å²) in [6.45, 7) is 12.1. The number of hydrogen-bond acceptors (Lipinski definition) is 8. The number of carbonyl (C=O) groups is 1. The molecule has 48 heavy (non-hydrogen) atoms. The van der Waals surface area contributed by atoms with Gasteiger partial charge in [0.2, 0.25) is 0 Å². The van der Waals surface area contributed by atoms with Gasteiger partial charge in [-0.25, -0.2) is 0 Å². The van der Waals surface area contributed by atoms with Crippen LogP contribution in [0.4, 0.5) is 0 Å². The van der Waals surface area contributed by atoms with Gasteiger partial charge >= 0.3 is 0 Å². The molecule has 0 spiro atoms. The van der Waals surface area contributed by atoms with Gasteiger partial charge in [0.05, 0.1) is 44.2 Å². The molecule has 0 unspecified atom stereocenters. The summed E-state index contributed by atoms with van der Waals surface area (Å²) in [5.41, 5.74) is 1.11. The SMILES string of the molecule is CC(C)(C)[Si](C)(C)OC[C@H]1O[C@H]2C=C[C@H]3O[C@H]4[C@H](OCc5ccc6ccccc6c5)[C@H]5OCC=CC[C@@H]5O[C@@H]4C[C@@H]3O[C@@H]2C/C=C\C1=O. The molecule has 9 heteroatoms. The van der Waals surface area contributed by atoms with Crippen molar-refractivity contribution in [2.45, 2.75) is 126 Å². The van der Waals surface area contributed by atoms with Crippen LogP contribution < -0.4 is 0 Å². The first-order valence-electron chi connectivity index (χ1n) is 17.6. The van der Waals surface area contributed by atoms with E-state index in [4.69, 9.17) is 32.8 Å². The van der Waals surface area contributed by atoms with Crippen molar-refractivity contribution in [2.24, 2.45) is 0 Å². The van der Waals surface area contributed by atoms with Gasteiger partial charge in [0.1, 0.15) is 36.6 Å². The Bertz CT molecular complexity index is 1540. The highest BCUT2D eigenvalue weighted by molar-refractivity contribution is 6.74. The van der Waals surface area contributed by atoms with E-state index in [1.807, 2.05) is 12.2 Å². The van der Waals surface area contributed by atoms with Gasteiger partial charge in [0, 0.05) is 6.42 Å². The quantitative estimate of drug-likeness (QED) is 0.250. The van der Waals surface area contributed by atoms with Crippen LogP contribution in [0.3, 0.4) is 0 Å². The summed E-state index contributed by atoms with van der Waals surface area (Å²) in [4.78, 5) is 13.1. The maximum absolute atomic E-state index is 13.1. The third-order valence-corrected chi connectivity index (χ3v) is 15.4. The van der Waals surface area contributed by atoms with Crippen molar-refractivity contribution in [3.63, 3.8) is 0 Å². The Kier molecular flexibility index (Phi) is 9.94. The van der Waals surface area contributed by atoms with Gasteiger partial charge in [0.15, 0.2) is 14.1 Å². The summed E-state index contributed by atoms with van der Waals surface area (Å²) in [7, 11) is -2.07. The molecule has 10 atom stereocenters. The van der Waals surface area contributed by atoms with Crippen LogP contribution in [0.5, 0.6) is 0 Å². The predicted octanol–water partition coefficient (Wildman–Crippen LogP) is 6.62. The lowest BCUT2D eigenvalue weighted by Crippen LogP contribution is -2.64. The average Bonchev–Trinajstić information content (AvgIpc) is 3.38. The van der Waals surface area contributed by atoms with E-state index in [-0.39, 0.29) is 66.3 Å². The molecule has 0 aliphatic carbocycles. The molecule has 0 N–H and O–H groups in total. The second-order valence-electron chi connectivity index (χ2n) is 15.3. The molecule has 0 amide bonds.